The Morgan fingerprint density at radius 2 is 1.82 bits per heavy atom. The van der Waals surface area contributed by atoms with Gasteiger partial charge < -0.3 is 9.47 Å². The molecule has 1 heterocycles. The number of imide groups is 2. The monoisotopic (exact) mass is 540 g/mol. The Kier molecular flexibility index (Phi) is 7.00. The van der Waals surface area contributed by atoms with Crippen molar-refractivity contribution in [1.29, 1.82) is 0 Å². The molecule has 0 unspecified atom stereocenters. The summed E-state index contributed by atoms with van der Waals surface area (Å²) < 4.78 is 12.2. The zero-order chi connectivity index (χ0) is 24.2. The molecule has 0 atom stereocenters. The van der Waals surface area contributed by atoms with Gasteiger partial charge in [0.1, 0.15) is 23.7 Å². The Labute approximate surface area is 209 Å². The first-order valence-corrected chi connectivity index (χ1v) is 11.3. The summed E-state index contributed by atoms with van der Waals surface area (Å²) >= 11 is 9.51. The van der Waals surface area contributed by atoms with Crippen LogP contribution >= 0.6 is 27.5 Å². The minimum atomic E-state index is -0.852. The summed E-state index contributed by atoms with van der Waals surface area (Å²) in [6, 6.07) is 18.0. The SMILES string of the molecule is COc1ccc(/C=C2\C(=O)NC(=O)N(c3cccc(Cl)c3)C2=O)c(OCc2ccccc2Br)c1. The number of methoxy groups -OCH3 is 1. The highest BCUT2D eigenvalue weighted by molar-refractivity contribution is 9.10. The standard InChI is InChI=1S/C25H18BrClN2O5/c1-33-19-10-9-15(22(13-19)34-14-16-5-2-3-8-21(16)26)11-20-23(30)28-25(32)29(24(20)31)18-7-4-6-17(27)12-18/h2-13H,14H2,1H3,(H,28,30,32)/b20-11+. The van der Waals surface area contributed by atoms with E-state index in [0.717, 1.165) is 14.9 Å². The van der Waals surface area contributed by atoms with E-state index in [4.69, 9.17) is 21.1 Å². The molecule has 172 valence electrons. The second-order valence-electron chi connectivity index (χ2n) is 7.22. The Bertz CT molecular complexity index is 1320. The number of halogens is 2. The van der Waals surface area contributed by atoms with Crippen LogP contribution in [-0.4, -0.2) is 25.0 Å². The summed E-state index contributed by atoms with van der Waals surface area (Å²) in [5.74, 6) is -0.640. The molecule has 1 N–H and O–H groups in total. The molecule has 0 saturated carbocycles. The first-order valence-electron chi connectivity index (χ1n) is 10.1. The van der Waals surface area contributed by atoms with Crippen molar-refractivity contribution >= 4 is 57.1 Å². The molecule has 4 amide bonds. The van der Waals surface area contributed by atoms with Crippen molar-refractivity contribution in [1.82, 2.24) is 5.32 Å². The van der Waals surface area contributed by atoms with E-state index < -0.39 is 17.8 Å². The summed E-state index contributed by atoms with van der Waals surface area (Å²) in [5, 5.41) is 2.55. The number of amides is 4. The van der Waals surface area contributed by atoms with E-state index in [9.17, 15) is 14.4 Å². The van der Waals surface area contributed by atoms with Crippen LogP contribution in [0.4, 0.5) is 10.5 Å². The lowest BCUT2D eigenvalue weighted by Crippen LogP contribution is -2.54. The predicted molar refractivity (Wildman–Crippen MR) is 132 cm³/mol. The van der Waals surface area contributed by atoms with Crippen molar-refractivity contribution in [3.05, 3.63) is 92.9 Å². The fourth-order valence-corrected chi connectivity index (χ4v) is 3.90. The Morgan fingerprint density at radius 3 is 2.56 bits per heavy atom. The molecule has 34 heavy (non-hydrogen) atoms. The third kappa shape index (κ3) is 4.98. The van der Waals surface area contributed by atoms with E-state index in [1.807, 2.05) is 24.3 Å². The number of nitrogens with one attached hydrogen (secondary N) is 1. The number of carbonyl (C=O) groups excluding carboxylic acids is 3. The highest BCUT2D eigenvalue weighted by Gasteiger charge is 2.37. The van der Waals surface area contributed by atoms with Crippen molar-refractivity contribution < 1.29 is 23.9 Å². The lowest BCUT2D eigenvalue weighted by molar-refractivity contribution is -0.122. The molecule has 1 fully saturated rings. The number of ether oxygens (including phenoxy) is 2. The number of nitrogens with zero attached hydrogens (tertiary/aromatic N) is 1. The molecular weight excluding hydrogens is 524 g/mol. The molecule has 7 nitrogen and oxygen atoms in total. The van der Waals surface area contributed by atoms with Gasteiger partial charge in [-0.15, -0.1) is 0 Å². The number of anilines is 1. The van der Waals surface area contributed by atoms with Crippen molar-refractivity contribution in [2.75, 3.05) is 12.0 Å². The zero-order valence-electron chi connectivity index (χ0n) is 17.9. The van der Waals surface area contributed by atoms with Crippen LogP contribution in [0.3, 0.4) is 0 Å². The van der Waals surface area contributed by atoms with Gasteiger partial charge in [-0.1, -0.05) is 51.8 Å². The molecule has 0 radical (unpaired) electrons. The number of benzene rings is 3. The molecule has 3 aromatic rings. The van der Waals surface area contributed by atoms with Crippen LogP contribution in [0.15, 0.2) is 76.8 Å². The smallest absolute Gasteiger partial charge is 0.335 e. The largest absolute Gasteiger partial charge is 0.497 e. The van der Waals surface area contributed by atoms with Crippen LogP contribution in [0.1, 0.15) is 11.1 Å². The average Bonchev–Trinajstić information content (AvgIpc) is 2.81. The highest BCUT2D eigenvalue weighted by Crippen LogP contribution is 2.30. The van der Waals surface area contributed by atoms with Gasteiger partial charge in [-0.2, -0.15) is 0 Å². The van der Waals surface area contributed by atoms with Gasteiger partial charge in [0.15, 0.2) is 0 Å². The van der Waals surface area contributed by atoms with Gasteiger partial charge in [0, 0.05) is 26.7 Å². The van der Waals surface area contributed by atoms with Gasteiger partial charge >= 0.3 is 6.03 Å². The molecule has 1 aliphatic heterocycles. The third-order valence-corrected chi connectivity index (χ3v) is 6.04. The number of urea groups is 1. The maximum Gasteiger partial charge on any atom is 0.335 e. The van der Waals surface area contributed by atoms with E-state index >= 15 is 0 Å². The molecule has 9 heteroatoms. The topological polar surface area (TPSA) is 84.9 Å². The van der Waals surface area contributed by atoms with E-state index in [1.165, 1.54) is 19.3 Å². The normalized spacial score (nSPS) is 14.9. The van der Waals surface area contributed by atoms with Crippen molar-refractivity contribution in [3.63, 3.8) is 0 Å². The summed E-state index contributed by atoms with van der Waals surface area (Å²) in [5.41, 5.74) is 1.39. The van der Waals surface area contributed by atoms with Gasteiger partial charge in [0.2, 0.25) is 0 Å². The van der Waals surface area contributed by atoms with Crippen LogP contribution in [0.5, 0.6) is 11.5 Å². The van der Waals surface area contributed by atoms with Gasteiger partial charge in [-0.25, -0.2) is 9.69 Å². The molecule has 1 aliphatic rings. The number of carbonyl (C=O) groups is 3. The summed E-state index contributed by atoms with van der Waals surface area (Å²) in [4.78, 5) is 39.0. The molecular formula is C25H18BrClN2O5. The second-order valence-corrected chi connectivity index (χ2v) is 8.51. The number of hydrogen-bond acceptors (Lipinski definition) is 5. The van der Waals surface area contributed by atoms with Gasteiger partial charge in [-0.05, 0) is 42.5 Å². The van der Waals surface area contributed by atoms with E-state index in [-0.39, 0.29) is 17.9 Å². The van der Waals surface area contributed by atoms with Crippen LogP contribution in [0, 0.1) is 0 Å². The third-order valence-electron chi connectivity index (χ3n) is 5.03. The predicted octanol–water partition coefficient (Wildman–Crippen LogP) is 5.36. The summed E-state index contributed by atoms with van der Waals surface area (Å²) in [7, 11) is 1.53. The van der Waals surface area contributed by atoms with Crippen LogP contribution < -0.4 is 19.7 Å². The fraction of sp³-hybridized carbons (Fsp3) is 0.0800. The van der Waals surface area contributed by atoms with Crippen LogP contribution in [-0.2, 0) is 16.2 Å². The fourth-order valence-electron chi connectivity index (χ4n) is 3.32. The highest BCUT2D eigenvalue weighted by atomic mass is 79.9. The maximum atomic E-state index is 13.2. The van der Waals surface area contributed by atoms with Gasteiger partial charge in [0.25, 0.3) is 11.8 Å². The molecule has 0 aliphatic carbocycles. The Balaban J connectivity index is 1.70. The minimum absolute atomic E-state index is 0.226. The van der Waals surface area contributed by atoms with E-state index in [1.54, 1.807) is 36.4 Å². The maximum absolute atomic E-state index is 13.2. The number of barbiturate groups is 1. The molecule has 1 saturated heterocycles. The summed E-state index contributed by atoms with van der Waals surface area (Å²) in [6.07, 6.45) is 1.39. The molecule has 4 rings (SSSR count). The van der Waals surface area contributed by atoms with Crippen LogP contribution in [0.2, 0.25) is 5.02 Å². The quantitative estimate of drug-likeness (QED) is 0.336. The van der Waals surface area contributed by atoms with E-state index in [0.29, 0.717) is 22.1 Å². The number of rotatable bonds is 6. The first kappa shape index (κ1) is 23.5. The Hall–Kier alpha value is -3.62. The van der Waals surface area contributed by atoms with Crippen molar-refractivity contribution in [2.24, 2.45) is 0 Å². The average molecular weight is 542 g/mol. The van der Waals surface area contributed by atoms with Gasteiger partial charge in [-0.3, -0.25) is 14.9 Å². The lowest BCUT2D eigenvalue weighted by Gasteiger charge is -2.26. The van der Waals surface area contributed by atoms with E-state index in [2.05, 4.69) is 21.2 Å². The zero-order valence-corrected chi connectivity index (χ0v) is 20.2. The van der Waals surface area contributed by atoms with Crippen LogP contribution in [0.25, 0.3) is 6.08 Å². The Morgan fingerprint density at radius 1 is 1.03 bits per heavy atom. The van der Waals surface area contributed by atoms with Crippen molar-refractivity contribution in [3.8, 4) is 11.5 Å². The lowest BCUT2D eigenvalue weighted by atomic mass is 10.1. The van der Waals surface area contributed by atoms with Crippen molar-refractivity contribution in [2.45, 2.75) is 6.61 Å². The molecule has 0 aromatic heterocycles. The number of hydrogen-bond donors (Lipinski definition) is 1. The minimum Gasteiger partial charge on any atom is -0.497 e. The second kappa shape index (κ2) is 10.1. The molecule has 0 bridgehead atoms. The molecule has 0 spiro atoms. The first-order chi connectivity index (χ1) is 16.4. The summed E-state index contributed by atoms with van der Waals surface area (Å²) in [6.45, 7) is 0.234. The molecule has 3 aromatic carbocycles. The van der Waals surface area contributed by atoms with Gasteiger partial charge in [0.05, 0.1) is 12.8 Å².